The summed E-state index contributed by atoms with van der Waals surface area (Å²) in [4.78, 5) is 15.5. The molecule has 6 heteroatoms. The van der Waals surface area contributed by atoms with Crippen molar-refractivity contribution >= 4 is 22.9 Å². The smallest absolute Gasteiger partial charge is 0.231 e. The van der Waals surface area contributed by atoms with Crippen LogP contribution in [0.5, 0.6) is 11.6 Å². The average molecular weight is 264 g/mol. The zero-order valence-electron chi connectivity index (χ0n) is 9.71. The maximum atomic E-state index is 11.7. The van der Waals surface area contributed by atoms with Gasteiger partial charge < -0.3 is 15.2 Å². The predicted octanol–water partition coefficient (Wildman–Crippen LogP) is 2.04. The van der Waals surface area contributed by atoms with Gasteiger partial charge in [-0.3, -0.25) is 4.79 Å². The van der Waals surface area contributed by atoms with E-state index in [0.717, 1.165) is 5.75 Å². The number of carbonyl (C=O) groups is 1. The number of hydrogen-bond donors (Lipinski definition) is 2. The normalized spacial score (nSPS) is 10.1. The molecule has 1 aromatic carbocycles. The van der Waals surface area contributed by atoms with Crippen LogP contribution in [0.1, 0.15) is 5.01 Å². The van der Waals surface area contributed by atoms with E-state index in [9.17, 15) is 4.79 Å². The number of amides is 1. The fourth-order valence-corrected chi connectivity index (χ4v) is 2.05. The maximum absolute atomic E-state index is 11.7. The van der Waals surface area contributed by atoms with Crippen LogP contribution in [-0.4, -0.2) is 23.1 Å². The van der Waals surface area contributed by atoms with Gasteiger partial charge in [0.05, 0.1) is 18.9 Å². The standard InChI is InChI=1S/C12H12N2O3S/c1-17-9-4-2-8(3-5-9)13-10(15)6-12-14-11(16)7-18-12/h2-5,7,16H,6H2,1H3,(H,13,15). The van der Waals surface area contributed by atoms with E-state index in [-0.39, 0.29) is 18.2 Å². The van der Waals surface area contributed by atoms with Gasteiger partial charge in [-0.1, -0.05) is 0 Å². The van der Waals surface area contributed by atoms with Crippen molar-refractivity contribution in [2.75, 3.05) is 12.4 Å². The largest absolute Gasteiger partial charge is 0.497 e. The molecule has 0 aliphatic carbocycles. The van der Waals surface area contributed by atoms with Crippen LogP contribution >= 0.6 is 11.3 Å². The monoisotopic (exact) mass is 264 g/mol. The highest BCUT2D eigenvalue weighted by atomic mass is 32.1. The van der Waals surface area contributed by atoms with E-state index < -0.39 is 0 Å². The molecule has 0 unspecified atom stereocenters. The molecule has 2 N–H and O–H groups in total. The van der Waals surface area contributed by atoms with Crippen LogP contribution in [-0.2, 0) is 11.2 Å². The van der Waals surface area contributed by atoms with Crippen LogP contribution in [0.15, 0.2) is 29.6 Å². The molecule has 1 aromatic heterocycles. The molecule has 0 aliphatic heterocycles. The van der Waals surface area contributed by atoms with Gasteiger partial charge in [-0.25, -0.2) is 4.98 Å². The molecule has 1 heterocycles. The third-order valence-electron chi connectivity index (χ3n) is 2.23. The van der Waals surface area contributed by atoms with E-state index in [0.29, 0.717) is 10.7 Å². The van der Waals surface area contributed by atoms with Gasteiger partial charge in [-0.15, -0.1) is 11.3 Å². The summed E-state index contributed by atoms with van der Waals surface area (Å²) in [6, 6.07) is 7.06. The number of nitrogens with zero attached hydrogens (tertiary/aromatic N) is 1. The second-order valence-electron chi connectivity index (χ2n) is 3.55. The molecule has 2 rings (SSSR count). The Hall–Kier alpha value is -2.08. The van der Waals surface area contributed by atoms with Crippen LogP contribution in [0.2, 0.25) is 0 Å². The summed E-state index contributed by atoms with van der Waals surface area (Å²) in [5.74, 6) is 0.514. The Morgan fingerprint density at radius 3 is 2.72 bits per heavy atom. The first-order chi connectivity index (χ1) is 8.67. The van der Waals surface area contributed by atoms with Gasteiger partial charge in [0.2, 0.25) is 11.8 Å². The lowest BCUT2D eigenvalue weighted by atomic mass is 10.3. The Morgan fingerprint density at radius 1 is 1.44 bits per heavy atom. The molecule has 0 saturated heterocycles. The number of carbonyl (C=O) groups excluding carboxylic acids is 1. The summed E-state index contributed by atoms with van der Waals surface area (Å²) in [6.07, 6.45) is 0.150. The first-order valence-electron chi connectivity index (χ1n) is 5.24. The molecule has 0 atom stereocenters. The fourth-order valence-electron chi connectivity index (χ4n) is 1.40. The number of nitrogens with one attached hydrogen (secondary N) is 1. The molecule has 18 heavy (non-hydrogen) atoms. The van der Waals surface area contributed by atoms with Gasteiger partial charge in [-0.05, 0) is 24.3 Å². The minimum atomic E-state index is -0.172. The number of aromatic nitrogens is 1. The van der Waals surface area contributed by atoms with E-state index in [4.69, 9.17) is 9.84 Å². The summed E-state index contributed by atoms with van der Waals surface area (Å²) < 4.78 is 5.02. The van der Waals surface area contributed by atoms with Crippen molar-refractivity contribution < 1.29 is 14.6 Å². The highest BCUT2D eigenvalue weighted by Gasteiger charge is 2.07. The van der Waals surface area contributed by atoms with Crippen molar-refractivity contribution in [2.45, 2.75) is 6.42 Å². The molecular formula is C12H12N2O3S. The van der Waals surface area contributed by atoms with Crippen LogP contribution in [0, 0.1) is 0 Å². The molecule has 94 valence electrons. The van der Waals surface area contributed by atoms with Crippen molar-refractivity contribution in [3.63, 3.8) is 0 Å². The Bertz CT molecular complexity index is 537. The Balaban J connectivity index is 1.94. The molecule has 0 radical (unpaired) electrons. The van der Waals surface area contributed by atoms with Crippen molar-refractivity contribution in [1.82, 2.24) is 4.98 Å². The van der Waals surface area contributed by atoms with Gasteiger partial charge >= 0.3 is 0 Å². The average Bonchev–Trinajstić information content (AvgIpc) is 2.75. The maximum Gasteiger partial charge on any atom is 0.231 e. The summed E-state index contributed by atoms with van der Waals surface area (Å²) in [7, 11) is 1.59. The lowest BCUT2D eigenvalue weighted by molar-refractivity contribution is -0.115. The molecule has 2 aromatic rings. The minimum Gasteiger partial charge on any atom is -0.497 e. The Labute approximate surface area is 108 Å². The Morgan fingerprint density at radius 2 is 2.17 bits per heavy atom. The van der Waals surface area contributed by atoms with Gasteiger partial charge in [0, 0.05) is 5.69 Å². The molecule has 0 aliphatic rings. The lowest BCUT2D eigenvalue weighted by Gasteiger charge is -2.05. The quantitative estimate of drug-likeness (QED) is 0.886. The molecule has 0 fully saturated rings. The van der Waals surface area contributed by atoms with Crippen molar-refractivity contribution in [3.8, 4) is 11.6 Å². The second-order valence-corrected chi connectivity index (χ2v) is 4.50. The van der Waals surface area contributed by atoms with Crippen LogP contribution < -0.4 is 10.1 Å². The van der Waals surface area contributed by atoms with Gasteiger partial charge in [-0.2, -0.15) is 0 Å². The van der Waals surface area contributed by atoms with E-state index in [2.05, 4.69) is 10.3 Å². The predicted molar refractivity (Wildman–Crippen MR) is 69.1 cm³/mol. The number of benzene rings is 1. The van der Waals surface area contributed by atoms with Crippen LogP contribution in [0.3, 0.4) is 0 Å². The van der Waals surface area contributed by atoms with Crippen molar-refractivity contribution in [2.24, 2.45) is 0 Å². The van der Waals surface area contributed by atoms with Crippen LogP contribution in [0.4, 0.5) is 5.69 Å². The first-order valence-corrected chi connectivity index (χ1v) is 6.12. The number of anilines is 1. The molecule has 0 spiro atoms. The van der Waals surface area contributed by atoms with E-state index in [1.807, 2.05) is 0 Å². The molecule has 5 nitrogen and oxygen atoms in total. The summed E-state index contributed by atoms with van der Waals surface area (Å²) in [6.45, 7) is 0. The van der Waals surface area contributed by atoms with Gasteiger partial charge in [0.1, 0.15) is 10.8 Å². The minimum absolute atomic E-state index is 0.0488. The second kappa shape index (κ2) is 5.50. The van der Waals surface area contributed by atoms with E-state index >= 15 is 0 Å². The fraction of sp³-hybridized carbons (Fsp3) is 0.167. The highest BCUT2D eigenvalue weighted by Crippen LogP contribution is 2.17. The van der Waals surface area contributed by atoms with Crippen molar-refractivity contribution in [1.29, 1.82) is 0 Å². The number of hydrogen-bond acceptors (Lipinski definition) is 5. The van der Waals surface area contributed by atoms with E-state index in [1.54, 1.807) is 31.4 Å². The third-order valence-corrected chi connectivity index (χ3v) is 3.06. The molecule has 1 amide bonds. The van der Waals surface area contributed by atoms with Gasteiger partial charge in [0.25, 0.3) is 0 Å². The van der Waals surface area contributed by atoms with Crippen LogP contribution in [0.25, 0.3) is 0 Å². The highest BCUT2D eigenvalue weighted by molar-refractivity contribution is 7.09. The third kappa shape index (κ3) is 3.21. The first kappa shape index (κ1) is 12.4. The summed E-state index contributed by atoms with van der Waals surface area (Å²) in [5.41, 5.74) is 0.696. The summed E-state index contributed by atoms with van der Waals surface area (Å²) in [5, 5.41) is 13.9. The molecular weight excluding hydrogens is 252 g/mol. The number of ether oxygens (including phenoxy) is 1. The van der Waals surface area contributed by atoms with E-state index in [1.165, 1.54) is 16.7 Å². The lowest BCUT2D eigenvalue weighted by Crippen LogP contribution is -2.14. The van der Waals surface area contributed by atoms with Gasteiger partial charge in [0.15, 0.2) is 0 Å². The summed E-state index contributed by atoms with van der Waals surface area (Å²) >= 11 is 1.25. The zero-order chi connectivity index (χ0) is 13.0. The molecule has 0 saturated carbocycles. The number of thiazole rings is 1. The van der Waals surface area contributed by atoms with Crippen molar-refractivity contribution in [3.05, 3.63) is 34.7 Å². The number of rotatable bonds is 4. The Kier molecular flexibility index (Phi) is 3.78. The zero-order valence-corrected chi connectivity index (χ0v) is 10.5. The topological polar surface area (TPSA) is 71.5 Å². The number of aromatic hydroxyl groups is 1. The SMILES string of the molecule is COc1ccc(NC(=O)Cc2nc(O)cs2)cc1. The number of methoxy groups -OCH3 is 1. The molecule has 0 bridgehead atoms.